The van der Waals surface area contributed by atoms with Crippen LogP contribution in [0.4, 0.5) is 14.6 Å². The second kappa shape index (κ2) is 5.68. The maximum Gasteiger partial charge on any atom is 0.259 e. The summed E-state index contributed by atoms with van der Waals surface area (Å²) in [4.78, 5) is 23.8. The Morgan fingerprint density at radius 1 is 1.18 bits per heavy atom. The smallest absolute Gasteiger partial charge is 0.259 e. The molecule has 0 saturated heterocycles. The van der Waals surface area contributed by atoms with Gasteiger partial charge in [0.15, 0.2) is 0 Å². The van der Waals surface area contributed by atoms with E-state index in [4.69, 9.17) is 0 Å². The van der Waals surface area contributed by atoms with Gasteiger partial charge >= 0.3 is 0 Å². The van der Waals surface area contributed by atoms with Crippen molar-refractivity contribution < 1.29 is 13.6 Å². The molecule has 0 bridgehead atoms. The van der Waals surface area contributed by atoms with Crippen LogP contribution in [0.2, 0.25) is 0 Å². The van der Waals surface area contributed by atoms with E-state index in [9.17, 15) is 13.6 Å². The normalized spacial score (nSPS) is 10.5. The summed E-state index contributed by atoms with van der Waals surface area (Å²) >= 11 is 0. The predicted octanol–water partition coefficient (Wildman–Crippen LogP) is 2.19. The summed E-state index contributed by atoms with van der Waals surface area (Å²) in [6.07, 6.45) is 6.04. The fraction of sp³-hybridized carbons (Fsp3) is 0. The molecule has 0 aliphatic rings. The largest absolute Gasteiger partial charge is 0.306 e. The lowest BCUT2D eigenvalue weighted by Gasteiger charge is -2.07. The Bertz CT molecular complexity index is 820. The number of benzene rings is 1. The van der Waals surface area contributed by atoms with Crippen LogP contribution in [0.3, 0.4) is 0 Å². The lowest BCUT2D eigenvalue weighted by Crippen LogP contribution is -2.15. The number of imidazole rings is 1. The van der Waals surface area contributed by atoms with Crippen LogP contribution in [0.15, 0.2) is 49.3 Å². The minimum absolute atomic E-state index is 0.187. The van der Waals surface area contributed by atoms with Gasteiger partial charge < -0.3 is 5.32 Å². The molecule has 0 atom stereocenters. The molecule has 1 N–H and O–H groups in total. The second-order valence-electron chi connectivity index (χ2n) is 4.31. The number of hydrogen-bond donors (Lipinski definition) is 1. The molecule has 0 fully saturated rings. The molecule has 3 aromatic rings. The predicted molar refractivity (Wildman–Crippen MR) is 73.5 cm³/mol. The fourth-order valence-electron chi connectivity index (χ4n) is 1.81. The van der Waals surface area contributed by atoms with Gasteiger partial charge in [-0.05, 0) is 12.1 Å². The quantitative estimate of drug-likeness (QED) is 0.805. The Morgan fingerprint density at radius 2 is 2.05 bits per heavy atom. The molecule has 0 radical (unpaired) electrons. The summed E-state index contributed by atoms with van der Waals surface area (Å²) in [6.45, 7) is 0. The van der Waals surface area contributed by atoms with Crippen molar-refractivity contribution in [2.45, 2.75) is 0 Å². The third-order valence-corrected chi connectivity index (χ3v) is 2.84. The van der Waals surface area contributed by atoms with Crippen molar-refractivity contribution in [3.8, 4) is 5.82 Å². The van der Waals surface area contributed by atoms with E-state index in [1.165, 1.54) is 18.7 Å². The summed E-state index contributed by atoms with van der Waals surface area (Å²) in [5.74, 6) is -1.75. The van der Waals surface area contributed by atoms with Gasteiger partial charge in [-0.25, -0.2) is 23.7 Å². The topological polar surface area (TPSA) is 72.7 Å². The maximum absolute atomic E-state index is 13.6. The molecule has 22 heavy (non-hydrogen) atoms. The number of anilines is 1. The molecular weight excluding hydrogens is 292 g/mol. The molecule has 0 spiro atoms. The van der Waals surface area contributed by atoms with E-state index in [1.54, 1.807) is 17.0 Å². The first-order valence-corrected chi connectivity index (χ1v) is 6.20. The van der Waals surface area contributed by atoms with E-state index < -0.39 is 17.5 Å². The molecule has 0 saturated carbocycles. The molecule has 2 heterocycles. The van der Waals surface area contributed by atoms with Crippen molar-refractivity contribution in [1.29, 1.82) is 0 Å². The molecule has 1 aromatic carbocycles. The molecule has 6 nitrogen and oxygen atoms in total. The van der Waals surface area contributed by atoms with Gasteiger partial charge in [-0.3, -0.25) is 9.36 Å². The minimum atomic E-state index is -0.943. The Balaban J connectivity index is 1.84. The third kappa shape index (κ3) is 2.80. The molecular formula is C14H9F2N5O. The Kier molecular flexibility index (Phi) is 3.57. The lowest BCUT2D eigenvalue weighted by atomic mass is 10.2. The van der Waals surface area contributed by atoms with Crippen LogP contribution in [-0.4, -0.2) is 25.4 Å². The fourth-order valence-corrected chi connectivity index (χ4v) is 1.81. The SMILES string of the molecule is O=C(Nc1cc(-n2ccnc2)ncn1)c1ccc(F)cc1F. The summed E-state index contributed by atoms with van der Waals surface area (Å²) in [5.41, 5.74) is -0.274. The van der Waals surface area contributed by atoms with Gasteiger partial charge in [0.25, 0.3) is 5.91 Å². The first-order chi connectivity index (χ1) is 10.6. The van der Waals surface area contributed by atoms with E-state index in [0.29, 0.717) is 11.9 Å². The highest BCUT2D eigenvalue weighted by Gasteiger charge is 2.13. The number of hydrogen-bond acceptors (Lipinski definition) is 4. The van der Waals surface area contributed by atoms with Crippen molar-refractivity contribution >= 4 is 11.7 Å². The zero-order valence-corrected chi connectivity index (χ0v) is 11.1. The van der Waals surface area contributed by atoms with Crippen LogP contribution in [0.1, 0.15) is 10.4 Å². The van der Waals surface area contributed by atoms with Crippen LogP contribution in [-0.2, 0) is 0 Å². The van der Waals surface area contributed by atoms with Crippen molar-refractivity contribution in [1.82, 2.24) is 19.5 Å². The summed E-state index contributed by atoms with van der Waals surface area (Å²) < 4.78 is 28.0. The van der Waals surface area contributed by atoms with Gasteiger partial charge in [-0.15, -0.1) is 0 Å². The van der Waals surface area contributed by atoms with Gasteiger partial charge in [0.1, 0.15) is 35.9 Å². The second-order valence-corrected chi connectivity index (χ2v) is 4.31. The van der Waals surface area contributed by atoms with Crippen LogP contribution < -0.4 is 5.32 Å². The number of carbonyl (C=O) groups excluding carboxylic acids is 1. The number of carbonyl (C=O) groups is 1. The van der Waals surface area contributed by atoms with Crippen LogP contribution in [0.25, 0.3) is 5.82 Å². The van der Waals surface area contributed by atoms with E-state index in [2.05, 4.69) is 20.3 Å². The number of aromatic nitrogens is 4. The summed E-state index contributed by atoms with van der Waals surface area (Å²) in [6, 6.07) is 4.22. The first kappa shape index (κ1) is 13.8. The highest BCUT2D eigenvalue weighted by molar-refractivity contribution is 6.03. The molecule has 0 unspecified atom stereocenters. The Labute approximate surface area is 123 Å². The zero-order chi connectivity index (χ0) is 15.5. The van der Waals surface area contributed by atoms with Crippen LogP contribution in [0.5, 0.6) is 0 Å². The van der Waals surface area contributed by atoms with E-state index >= 15 is 0 Å². The summed E-state index contributed by atoms with van der Waals surface area (Å²) in [7, 11) is 0. The Hall–Kier alpha value is -3.16. The third-order valence-electron chi connectivity index (χ3n) is 2.84. The molecule has 8 heteroatoms. The standard InChI is InChI=1S/C14H9F2N5O/c15-9-1-2-10(11(16)5-9)14(22)20-12-6-13(19-7-18-12)21-4-3-17-8-21/h1-8H,(H,18,19,20,22). The van der Waals surface area contributed by atoms with Crippen LogP contribution >= 0.6 is 0 Å². The molecule has 3 rings (SSSR count). The van der Waals surface area contributed by atoms with Crippen molar-refractivity contribution in [2.24, 2.45) is 0 Å². The number of halogens is 2. The molecule has 110 valence electrons. The first-order valence-electron chi connectivity index (χ1n) is 6.20. The van der Waals surface area contributed by atoms with E-state index in [1.807, 2.05) is 0 Å². The van der Waals surface area contributed by atoms with E-state index in [0.717, 1.165) is 12.1 Å². The molecule has 2 aromatic heterocycles. The van der Waals surface area contributed by atoms with Crippen molar-refractivity contribution in [3.63, 3.8) is 0 Å². The average Bonchev–Trinajstić information content (AvgIpc) is 3.01. The number of amides is 1. The van der Waals surface area contributed by atoms with Gasteiger partial charge in [0, 0.05) is 24.5 Å². The zero-order valence-electron chi connectivity index (χ0n) is 11.1. The monoisotopic (exact) mass is 301 g/mol. The van der Waals surface area contributed by atoms with Gasteiger partial charge in [0.05, 0.1) is 5.56 Å². The van der Waals surface area contributed by atoms with Crippen LogP contribution in [0, 0.1) is 11.6 Å². The molecule has 0 aliphatic carbocycles. The van der Waals surface area contributed by atoms with Gasteiger partial charge in [-0.2, -0.15) is 0 Å². The van der Waals surface area contributed by atoms with Crippen molar-refractivity contribution in [2.75, 3.05) is 5.32 Å². The molecule has 0 aliphatic heterocycles. The highest BCUT2D eigenvalue weighted by Crippen LogP contribution is 2.13. The number of rotatable bonds is 3. The minimum Gasteiger partial charge on any atom is -0.306 e. The average molecular weight is 301 g/mol. The van der Waals surface area contributed by atoms with Crippen molar-refractivity contribution in [3.05, 3.63) is 66.5 Å². The van der Waals surface area contributed by atoms with Gasteiger partial charge in [-0.1, -0.05) is 0 Å². The highest BCUT2D eigenvalue weighted by atomic mass is 19.1. The Morgan fingerprint density at radius 3 is 2.77 bits per heavy atom. The maximum atomic E-state index is 13.6. The molecule has 1 amide bonds. The summed E-state index contributed by atoms with van der Waals surface area (Å²) in [5, 5.41) is 2.43. The van der Waals surface area contributed by atoms with E-state index in [-0.39, 0.29) is 11.4 Å². The lowest BCUT2D eigenvalue weighted by molar-refractivity contribution is 0.102. The number of nitrogens with one attached hydrogen (secondary N) is 1. The van der Waals surface area contributed by atoms with Gasteiger partial charge in [0.2, 0.25) is 0 Å². The number of nitrogens with zero attached hydrogens (tertiary/aromatic N) is 4.